The highest BCUT2D eigenvalue weighted by molar-refractivity contribution is 5.83. The minimum absolute atomic E-state index is 0.0603. The van der Waals surface area contributed by atoms with Crippen LogP contribution >= 0.6 is 0 Å². The van der Waals surface area contributed by atoms with Crippen LogP contribution < -0.4 is 5.32 Å². The molecule has 5 heteroatoms. The molecule has 0 rings (SSSR count). The van der Waals surface area contributed by atoms with E-state index >= 15 is 0 Å². The summed E-state index contributed by atoms with van der Waals surface area (Å²) in [7, 11) is 0. The number of rotatable bonds is 6. The number of ketones is 1. The van der Waals surface area contributed by atoms with Crippen molar-refractivity contribution in [2.75, 3.05) is 13.2 Å². The van der Waals surface area contributed by atoms with Crippen LogP contribution in [0.3, 0.4) is 0 Å². The summed E-state index contributed by atoms with van der Waals surface area (Å²) in [6, 6.07) is 0. The van der Waals surface area contributed by atoms with Gasteiger partial charge in [0.1, 0.15) is 5.78 Å². The van der Waals surface area contributed by atoms with E-state index in [2.05, 4.69) is 5.32 Å². The zero-order chi connectivity index (χ0) is 11.2. The average molecular weight is 203 g/mol. The van der Waals surface area contributed by atoms with Gasteiger partial charge in [0.05, 0.1) is 18.8 Å². The molecular weight excluding hydrogens is 186 g/mol. The number of aliphatic hydroxyl groups is 2. The molecule has 5 nitrogen and oxygen atoms in total. The Balaban J connectivity index is 3.97. The van der Waals surface area contributed by atoms with Gasteiger partial charge in [-0.25, -0.2) is 0 Å². The number of aliphatic hydroxyl groups excluding tert-OH is 2. The Kier molecular flexibility index (Phi) is 5.34. The Morgan fingerprint density at radius 2 is 1.71 bits per heavy atom. The number of amides is 1. The van der Waals surface area contributed by atoms with Crippen molar-refractivity contribution < 1.29 is 19.8 Å². The number of hydrogen-bond donors (Lipinski definition) is 3. The Hall–Kier alpha value is -0.940. The summed E-state index contributed by atoms with van der Waals surface area (Å²) in [6.07, 6.45) is 0.268. The molecule has 0 saturated heterocycles. The van der Waals surface area contributed by atoms with E-state index in [1.54, 1.807) is 0 Å². The summed E-state index contributed by atoms with van der Waals surface area (Å²) in [5, 5.41) is 20.2. The van der Waals surface area contributed by atoms with Gasteiger partial charge < -0.3 is 20.3 Å². The van der Waals surface area contributed by atoms with Crippen LogP contribution in [-0.4, -0.2) is 40.7 Å². The van der Waals surface area contributed by atoms with Crippen LogP contribution in [0.25, 0.3) is 0 Å². The van der Waals surface area contributed by atoms with Crippen molar-refractivity contribution in [2.24, 2.45) is 0 Å². The zero-order valence-corrected chi connectivity index (χ0v) is 8.54. The molecule has 1 amide bonds. The summed E-state index contributed by atoms with van der Waals surface area (Å²) < 4.78 is 0. The normalized spacial score (nSPS) is 11.1. The maximum Gasteiger partial charge on any atom is 0.221 e. The molecule has 0 aliphatic heterocycles. The van der Waals surface area contributed by atoms with Crippen LogP contribution in [0.2, 0.25) is 0 Å². The average Bonchev–Trinajstić information content (AvgIpc) is 2.14. The first kappa shape index (κ1) is 13.1. The first-order valence-corrected chi connectivity index (χ1v) is 4.45. The van der Waals surface area contributed by atoms with Gasteiger partial charge >= 0.3 is 0 Å². The summed E-state index contributed by atoms with van der Waals surface area (Å²) in [4.78, 5) is 21.8. The molecule has 0 bridgehead atoms. The quantitative estimate of drug-likeness (QED) is 0.528. The Morgan fingerprint density at radius 3 is 2.07 bits per heavy atom. The largest absolute Gasteiger partial charge is 0.394 e. The van der Waals surface area contributed by atoms with Gasteiger partial charge in [0.25, 0.3) is 0 Å². The molecule has 82 valence electrons. The van der Waals surface area contributed by atoms with Crippen LogP contribution in [0.5, 0.6) is 0 Å². The minimum Gasteiger partial charge on any atom is -0.394 e. The Morgan fingerprint density at radius 1 is 1.21 bits per heavy atom. The molecule has 0 spiro atoms. The van der Waals surface area contributed by atoms with Crippen molar-refractivity contribution in [3.05, 3.63) is 0 Å². The van der Waals surface area contributed by atoms with Crippen molar-refractivity contribution in [1.82, 2.24) is 5.32 Å². The maximum atomic E-state index is 11.2. The Labute approximate surface area is 83.1 Å². The standard InChI is InChI=1S/C9H17NO4/c1-7(13)3-4-8(14)10-9(2,5-11)6-12/h11-12H,3-6H2,1-2H3,(H,10,14). The maximum absolute atomic E-state index is 11.2. The van der Waals surface area contributed by atoms with E-state index in [1.807, 2.05) is 0 Å². The molecule has 0 saturated carbocycles. The molecule has 0 aromatic heterocycles. The van der Waals surface area contributed by atoms with Crippen molar-refractivity contribution in [2.45, 2.75) is 32.2 Å². The van der Waals surface area contributed by atoms with Crippen molar-refractivity contribution >= 4 is 11.7 Å². The number of carbonyl (C=O) groups is 2. The third-order valence-corrected chi connectivity index (χ3v) is 1.84. The third-order valence-electron chi connectivity index (χ3n) is 1.84. The highest BCUT2D eigenvalue weighted by Crippen LogP contribution is 2.02. The van der Waals surface area contributed by atoms with Crippen molar-refractivity contribution in [3.8, 4) is 0 Å². The molecule has 14 heavy (non-hydrogen) atoms. The van der Waals surface area contributed by atoms with Crippen LogP contribution in [0.15, 0.2) is 0 Å². The Bertz CT molecular complexity index is 211. The number of nitrogens with one attached hydrogen (secondary N) is 1. The highest BCUT2D eigenvalue weighted by Gasteiger charge is 2.24. The zero-order valence-electron chi connectivity index (χ0n) is 8.54. The molecule has 0 fully saturated rings. The lowest BCUT2D eigenvalue weighted by Gasteiger charge is -2.26. The van der Waals surface area contributed by atoms with E-state index < -0.39 is 5.54 Å². The first-order valence-electron chi connectivity index (χ1n) is 4.45. The lowest BCUT2D eigenvalue weighted by molar-refractivity contribution is -0.126. The molecule has 3 N–H and O–H groups in total. The minimum atomic E-state index is -1.01. The second kappa shape index (κ2) is 5.72. The van der Waals surface area contributed by atoms with E-state index in [1.165, 1.54) is 13.8 Å². The van der Waals surface area contributed by atoms with Crippen molar-refractivity contribution in [3.63, 3.8) is 0 Å². The smallest absolute Gasteiger partial charge is 0.221 e. The van der Waals surface area contributed by atoms with Crippen molar-refractivity contribution in [1.29, 1.82) is 0 Å². The molecule has 0 unspecified atom stereocenters. The second-order valence-corrected chi connectivity index (χ2v) is 3.63. The van der Waals surface area contributed by atoms with Crippen LogP contribution in [-0.2, 0) is 9.59 Å². The highest BCUT2D eigenvalue weighted by atomic mass is 16.3. The predicted octanol–water partition coefficient (Wildman–Crippen LogP) is -0.785. The van der Waals surface area contributed by atoms with E-state index in [0.717, 1.165) is 0 Å². The lowest BCUT2D eigenvalue weighted by atomic mass is 10.1. The summed E-state index contributed by atoms with van der Waals surface area (Å²) in [5.74, 6) is -0.402. The fourth-order valence-electron chi connectivity index (χ4n) is 0.818. The molecule has 0 heterocycles. The van der Waals surface area contributed by atoms with E-state index in [-0.39, 0.29) is 37.7 Å². The first-order chi connectivity index (χ1) is 6.43. The van der Waals surface area contributed by atoms with Gasteiger partial charge in [-0.05, 0) is 13.8 Å². The number of carbonyl (C=O) groups excluding carboxylic acids is 2. The van der Waals surface area contributed by atoms with E-state index in [0.29, 0.717) is 0 Å². The summed E-state index contributed by atoms with van der Waals surface area (Å²) in [5.41, 5.74) is -1.01. The molecule has 0 atom stereocenters. The second-order valence-electron chi connectivity index (χ2n) is 3.63. The van der Waals surface area contributed by atoms with E-state index in [9.17, 15) is 9.59 Å². The van der Waals surface area contributed by atoms with E-state index in [4.69, 9.17) is 10.2 Å². The molecule has 0 aliphatic carbocycles. The van der Waals surface area contributed by atoms with Gasteiger partial charge in [-0.2, -0.15) is 0 Å². The van der Waals surface area contributed by atoms with Gasteiger partial charge in [-0.1, -0.05) is 0 Å². The van der Waals surface area contributed by atoms with Gasteiger partial charge in [-0.15, -0.1) is 0 Å². The van der Waals surface area contributed by atoms with Gasteiger partial charge in [0.15, 0.2) is 0 Å². The fraction of sp³-hybridized carbons (Fsp3) is 0.778. The SMILES string of the molecule is CC(=O)CCC(=O)NC(C)(CO)CO. The monoisotopic (exact) mass is 203 g/mol. The predicted molar refractivity (Wildman–Crippen MR) is 50.6 cm³/mol. The number of hydrogen-bond acceptors (Lipinski definition) is 4. The van der Waals surface area contributed by atoms with Gasteiger partial charge in [0.2, 0.25) is 5.91 Å². The van der Waals surface area contributed by atoms with Crippen LogP contribution in [0, 0.1) is 0 Å². The molecule has 0 aliphatic rings. The van der Waals surface area contributed by atoms with Gasteiger partial charge in [0, 0.05) is 12.8 Å². The van der Waals surface area contributed by atoms with Gasteiger partial charge in [-0.3, -0.25) is 4.79 Å². The molecule has 0 aromatic carbocycles. The fourth-order valence-corrected chi connectivity index (χ4v) is 0.818. The summed E-state index contributed by atoms with van der Waals surface area (Å²) in [6.45, 7) is 2.26. The molecular formula is C9H17NO4. The van der Waals surface area contributed by atoms with Crippen LogP contribution in [0.4, 0.5) is 0 Å². The topological polar surface area (TPSA) is 86.6 Å². The third kappa shape index (κ3) is 4.94. The molecule has 0 radical (unpaired) electrons. The molecule has 0 aromatic rings. The summed E-state index contributed by atoms with van der Waals surface area (Å²) >= 11 is 0. The van der Waals surface area contributed by atoms with Crippen LogP contribution in [0.1, 0.15) is 26.7 Å². The number of Topliss-reactive ketones (excluding diaryl/α,β-unsaturated/α-hetero) is 1. The lowest BCUT2D eigenvalue weighted by Crippen LogP contribution is -2.51.